The highest BCUT2D eigenvalue weighted by Crippen LogP contribution is 2.23. The monoisotopic (exact) mass is 434 g/mol. The molecular weight excluding hydrogens is 408 g/mol. The van der Waals surface area contributed by atoms with Gasteiger partial charge in [0.1, 0.15) is 11.5 Å². The Balaban J connectivity index is 1.39. The molecule has 0 spiro atoms. The molecule has 4 rings (SSSR count). The lowest BCUT2D eigenvalue weighted by atomic mass is 10.0. The number of methoxy groups -OCH3 is 2. The van der Waals surface area contributed by atoms with E-state index in [2.05, 4.69) is 15.5 Å². The van der Waals surface area contributed by atoms with Crippen molar-refractivity contribution in [3.8, 4) is 11.5 Å². The normalized spacial score (nSPS) is 12.8. The van der Waals surface area contributed by atoms with Gasteiger partial charge >= 0.3 is 0 Å². The number of fused-ring (bicyclic) bond motifs is 1. The largest absolute Gasteiger partial charge is 0.497 e. The highest BCUT2D eigenvalue weighted by atomic mass is 16.5. The fourth-order valence-corrected chi connectivity index (χ4v) is 3.79. The topological polar surface area (TPSA) is 96.5 Å². The third-order valence-electron chi connectivity index (χ3n) is 5.61. The molecule has 0 aliphatic carbocycles. The number of nitrogens with one attached hydrogen (secondary N) is 2. The van der Waals surface area contributed by atoms with E-state index in [1.54, 1.807) is 43.4 Å². The third-order valence-corrected chi connectivity index (χ3v) is 5.61. The van der Waals surface area contributed by atoms with Gasteiger partial charge in [0, 0.05) is 36.3 Å². The summed E-state index contributed by atoms with van der Waals surface area (Å²) in [6.07, 6.45) is 1.32. The summed E-state index contributed by atoms with van der Waals surface area (Å²) in [5.74, 6) is 1.09. The van der Waals surface area contributed by atoms with Crippen LogP contribution in [0.1, 0.15) is 37.7 Å². The lowest BCUT2D eigenvalue weighted by Gasteiger charge is -2.27. The van der Waals surface area contributed by atoms with Crippen LogP contribution in [-0.4, -0.2) is 54.2 Å². The van der Waals surface area contributed by atoms with Gasteiger partial charge in [-0.15, -0.1) is 0 Å². The van der Waals surface area contributed by atoms with Crippen LogP contribution < -0.4 is 14.8 Å². The van der Waals surface area contributed by atoms with Crippen molar-refractivity contribution in [2.24, 2.45) is 0 Å². The molecule has 2 N–H and O–H groups in total. The fraction of sp³-hybridized carbons (Fsp3) is 0.292. The number of ether oxygens (including phenoxy) is 2. The molecule has 0 atom stereocenters. The second-order valence-electron chi connectivity index (χ2n) is 7.59. The number of carbonyl (C=O) groups excluding carboxylic acids is 2. The molecule has 2 amide bonds. The Morgan fingerprint density at radius 3 is 2.62 bits per heavy atom. The van der Waals surface area contributed by atoms with Crippen LogP contribution in [0, 0.1) is 0 Å². The van der Waals surface area contributed by atoms with Gasteiger partial charge in [-0.05, 0) is 42.3 Å². The van der Waals surface area contributed by atoms with Crippen LogP contribution in [0.4, 0.5) is 0 Å². The minimum absolute atomic E-state index is 0.0957. The first-order chi connectivity index (χ1) is 15.6. The van der Waals surface area contributed by atoms with Crippen molar-refractivity contribution in [1.82, 2.24) is 20.4 Å². The van der Waals surface area contributed by atoms with Gasteiger partial charge in [0.15, 0.2) is 5.69 Å². The molecule has 32 heavy (non-hydrogen) atoms. The molecule has 166 valence electrons. The van der Waals surface area contributed by atoms with Crippen LogP contribution >= 0.6 is 0 Å². The fourth-order valence-electron chi connectivity index (χ4n) is 3.79. The van der Waals surface area contributed by atoms with Crippen LogP contribution in [0.25, 0.3) is 0 Å². The summed E-state index contributed by atoms with van der Waals surface area (Å²) >= 11 is 0. The summed E-state index contributed by atoms with van der Waals surface area (Å²) in [4.78, 5) is 27.5. The summed E-state index contributed by atoms with van der Waals surface area (Å²) in [5, 5.41) is 10.1. The van der Waals surface area contributed by atoms with Crippen LogP contribution in [0.3, 0.4) is 0 Å². The van der Waals surface area contributed by atoms with Crippen molar-refractivity contribution in [2.75, 3.05) is 27.3 Å². The Kier molecular flexibility index (Phi) is 6.39. The summed E-state index contributed by atoms with van der Waals surface area (Å²) in [6.45, 7) is 1.38. The molecule has 1 aromatic heterocycles. The molecular formula is C24H26N4O4. The highest BCUT2D eigenvalue weighted by Gasteiger charge is 2.28. The van der Waals surface area contributed by atoms with Crippen LogP contribution in [-0.2, 0) is 19.4 Å². The van der Waals surface area contributed by atoms with Crippen molar-refractivity contribution in [1.29, 1.82) is 0 Å². The average Bonchev–Trinajstić information content (AvgIpc) is 3.27. The molecule has 8 heteroatoms. The van der Waals surface area contributed by atoms with Crippen LogP contribution in [0.2, 0.25) is 0 Å². The predicted molar refractivity (Wildman–Crippen MR) is 119 cm³/mol. The zero-order valence-corrected chi connectivity index (χ0v) is 18.2. The van der Waals surface area contributed by atoms with Gasteiger partial charge < -0.3 is 19.7 Å². The van der Waals surface area contributed by atoms with E-state index in [1.165, 1.54) is 0 Å². The van der Waals surface area contributed by atoms with Crippen molar-refractivity contribution in [3.05, 3.63) is 76.6 Å². The Hall–Kier alpha value is -3.81. The van der Waals surface area contributed by atoms with E-state index < -0.39 is 0 Å². The van der Waals surface area contributed by atoms with Gasteiger partial charge in [0.05, 0.1) is 20.8 Å². The number of nitrogens with zero attached hydrogens (tertiary/aromatic N) is 2. The molecule has 1 aliphatic rings. The Bertz CT molecular complexity index is 1110. The first-order valence-corrected chi connectivity index (χ1v) is 10.5. The molecule has 0 bridgehead atoms. The van der Waals surface area contributed by atoms with E-state index >= 15 is 0 Å². The number of rotatable bonds is 7. The quantitative estimate of drug-likeness (QED) is 0.596. The predicted octanol–water partition coefficient (Wildman–Crippen LogP) is 2.60. The second-order valence-corrected chi connectivity index (χ2v) is 7.59. The van der Waals surface area contributed by atoms with E-state index in [0.29, 0.717) is 49.5 Å². The molecule has 0 saturated carbocycles. The average molecular weight is 434 g/mol. The maximum atomic E-state index is 13.0. The lowest BCUT2D eigenvalue weighted by Crippen LogP contribution is -2.37. The van der Waals surface area contributed by atoms with Gasteiger partial charge in [0.2, 0.25) is 0 Å². The number of amides is 2. The lowest BCUT2D eigenvalue weighted by molar-refractivity contribution is 0.0731. The first-order valence-electron chi connectivity index (χ1n) is 10.5. The van der Waals surface area contributed by atoms with Crippen molar-refractivity contribution in [3.63, 3.8) is 0 Å². The van der Waals surface area contributed by atoms with E-state index in [4.69, 9.17) is 9.47 Å². The number of hydrogen-bond acceptors (Lipinski definition) is 5. The minimum Gasteiger partial charge on any atom is -0.497 e. The van der Waals surface area contributed by atoms with Gasteiger partial charge in [0.25, 0.3) is 11.8 Å². The summed E-state index contributed by atoms with van der Waals surface area (Å²) < 4.78 is 10.4. The first kappa shape index (κ1) is 21.4. The Labute approximate surface area is 186 Å². The van der Waals surface area contributed by atoms with E-state index in [0.717, 1.165) is 22.6 Å². The molecule has 2 aromatic carbocycles. The zero-order chi connectivity index (χ0) is 22.5. The number of aromatic nitrogens is 2. The number of hydrogen-bond donors (Lipinski definition) is 2. The number of H-pyrrole nitrogens is 1. The molecule has 0 radical (unpaired) electrons. The zero-order valence-electron chi connectivity index (χ0n) is 18.2. The van der Waals surface area contributed by atoms with E-state index in [-0.39, 0.29) is 11.8 Å². The smallest absolute Gasteiger partial charge is 0.272 e. The molecule has 0 fully saturated rings. The van der Waals surface area contributed by atoms with Crippen LogP contribution in [0.15, 0.2) is 48.5 Å². The molecule has 0 unspecified atom stereocenters. The van der Waals surface area contributed by atoms with Crippen LogP contribution in [0.5, 0.6) is 11.5 Å². The van der Waals surface area contributed by atoms with Crippen molar-refractivity contribution in [2.45, 2.75) is 19.4 Å². The molecule has 0 saturated heterocycles. The van der Waals surface area contributed by atoms with E-state index in [9.17, 15) is 9.59 Å². The molecule has 1 aliphatic heterocycles. The molecule has 2 heterocycles. The Morgan fingerprint density at radius 2 is 1.88 bits per heavy atom. The summed E-state index contributed by atoms with van der Waals surface area (Å²) in [7, 11) is 3.20. The summed E-state index contributed by atoms with van der Waals surface area (Å²) in [5.41, 5.74) is 3.68. The highest BCUT2D eigenvalue weighted by molar-refractivity contribution is 5.96. The van der Waals surface area contributed by atoms with Crippen molar-refractivity contribution >= 4 is 11.8 Å². The number of carbonyl (C=O) groups is 2. The second kappa shape index (κ2) is 9.55. The Morgan fingerprint density at radius 1 is 1.09 bits per heavy atom. The van der Waals surface area contributed by atoms with E-state index in [1.807, 2.05) is 24.3 Å². The minimum atomic E-state index is -0.244. The van der Waals surface area contributed by atoms with Gasteiger partial charge in [-0.1, -0.05) is 18.2 Å². The van der Waals surface area contributed by atoms with Gasteiger partial charge in [-0.2, -0.15) is 5.10 Å². The third kappa shape index (κ3) is 4.59. The number of aromatic amines is 1. The number of benzene rings is 2. The standard InChI is InChI=1S/C24H26N4O4/c1-31-18-8-6-16(7-9-18)10-12-25-23(29)22-20-15-28(13-11-21(20)26-27-22)24(30)17-4-3-5-19(14-17)32-2/h3-9,14H,10-13,15H2,1-2H3,(H,25,29)(H,26,27). The maximum Gasteiger partial charge on any atom is 0.272 e. The van der Waals surface area contributed by atoms with Gasteiger partial charge in [-0.25, -0.2) is 0 Å². The SMILES string of the molecule is COc1ccc(CCNC(=O)c2n[nH]c3c2CN(C(=O)c2cccc(OC)c2)CC3)cc1. The van der Waals surface area contributed by atoms with Crippen molar-refractivity contribution < 1.29 is 19.1 Å². The summed E-state index contributed by atoms with van der Waals surface area (Å²) in [6, 6.07) is 14.8. The molecule has 8 nitrogen and oxygen atoms in total. The van der Waals surface area contributed by atoms with Gasteiger partial charge in [-0.3, -0.25) is 14.7 Å². The maximum absolute atomic E-state index is 13.0. The molecule has 3 aromatic rings.